The van der Waals surface area contributed by atoms with Gasteiger partial charge in [-0.1, -0.05) is 18.2 Å². The van der Waals surface area contributed by atoms with Gasteiger partial charge in [0.1, 0.15) is 0 Å². The highest BCUT2D eigenvalue weighted by molar-refractivity contribution is 6.22. The van der Waals surface area contributed by atoms with Crippen LogP contribution in [0.1, 0.15) is 61.5 Å². The molecule has 0 saturated carbocycles. The number of nitrogens with zero attached hydrogens (tertiary/aromatic N) is 2. The van der Waals surface area contributed by atoms with Gasteiger partial charge in [0.2, 0.25) is 0 Å². The van der Waals surface area contributed by atoms with Crippen molar-refractivity contribution in [2.24, 2.45) is 0 Å². The zero-order valence-corrected chi connectivity index (χ0v) is 17.0. The smallest absolute Gasteiger partial charge is 0.261 e. The predicted octanol–water partition coefficient (Wildman–Crippen LogP) is 3.36. The number of para-hydroxylation sites is 1. The van der Waals surface area contributed by atoms with E-state index in [1.807, 2.05) is 19.1 Å². The monoisotopic (exact) mass is 404 g/mol. The second kappa shape index (κ2) is 7.36. The van der Waals surface area contributed by atoms with Crippen LogP contribution < -0.4 is 4.90 Å². The first-order valence-corrected chi connectivity index (χ1v) is 10.6. The number of fused-ring (bicyclic) bond motifs is 2. The van der Waals surface area contributed by atoms with E-state index in [2.05, 4.69) is 6.07 Å². The van der Waals surface area contributed by atoms with Crippen molar-refractivity contribution in [3.63, 3.8) is 0 Å². The van der Waals surface area contributed by atoms with Crippen LogP contribution in [-0.4, -0.2) is 48.4 Å². The third-order valence-electron chi connectivity index (χ3n) is 6.29. The number of imide groups is 1. The van der Waals surface area contributed by atoms with Gasteiger partial charge in [0, 0.05) is 18.7 Å². The molecule has 1 atom stereocenters. The lowest BCUT2D eigenvalue weighted by Gasteiger charge is -2.31. The lowest BCUT2D eigenvalue weighted by Crippen LogP contribution is -2.36. The van der Waals surface area contributed by atoms with Crippen LogP contribution >= 0.6 is 0 Å². The van der Waals surface area contributed by atoms with Gasteiger partial charge in [0.05, 0.1) is 29.5 Å². The fourth-order valence-electron chi connectivity index (χ4n) is 4.79. The van der Waals surface area contributed by atoms with E-state index in [1.54, 1.807) is 23.1 Å². The molecule has 0 spiro atoms. The van der Waals surface area contributed by atoms with Crippen molar-refractivity contribution in [1.82, 2.24) is 4.90 Å². The fourth-order valence-corrected chi connectivity index (χ4v) is 4.79. The molecule has 6 heteroatoms. The molecule has 0 aromatic heterocycles. The number of ether oxygens (including phenoxy) is 1. The molecule has 3 amide bonds. The van der Waals surface area contributed by atoms with E-state index in [4.69, 9.17) is 4.74 Å². The molecule has 2 aromatic carbocycles. The van der Waals surface area contributed by atoms with Gasteiger partial charge < -0.3 is 9.64 Å². The van der Waals surface area contributed by atoms with Gasteiger partial charge in [-0.25, -0.2) is 0 Å². The van der Waals surface area contributed by atoms with Crippen LogP contribution in [0, 0.1) is 6.92 Å². The highest BCUT2D eigenvalue weighted by atomic mass is 16.5. The molecule has 3 aliphatic heterocycles. The SMILES string of the molecule is Cc1cccc2c1N(C(=O)c1ccc3c(c1)C(=O)N(CC1CCCO1)C3=O)CCC2. The molecule has 154 valence electrons. The van der Waals surface area contributed by atoms with Crippen LogP contribution in [-0.2, 0) is 11.2 Å². The molecule has 1 saturated heterocycles. The molecule has 0 bridgehead atoms. The maximum absolute atomic E-state index is 13.4. The van der Waals surface area contributed by atoms with E-state index in [0.717, 1.165) is 36.9 Å². The van der Waals surface area contributed by atoms with Gasteiger partial charge in [-0.2, -0.15) is 0 Å². The Hall–Kier alpha value is -2.99. The van der Waals surface area contributed by atoms with E-state index < -0.39 is 0 Å². The summed E-state index contributed by atoms with van der Waals surface area (Å²) in [4.78, 5) is 42.1. The molecule has 6 nitrogen and oxygen atoms in total. The van der Waals surface area contributed by atoms with Crippen molar-refractivity contribution in [3.8, 4) is 0 Å². The summed E-state index contributed by atoms with van der Waals surface area (Å²) >= 11 is 0. The Bertz CT molecular complexity index is 1060. The molecule has 3 aliphatic rings. The summed E-state index contributed by atoms with van der Waals surface area (Å²) in [6, 6.07) is 11.0. The third-order valence-corrected chi connectivity index (χ3v) is 6.29. The number of benzene rings is 2. The van der Waals surface area contributed by atoms with E-state index in [0.29, 0.717) is 29.8 Å². The van der Waals surface area contributed by atoms with Crippen LogP contribution in [0.5, 0.6) is 0 Å². The number of hydrogen-bond acceptors (Lipinski definition) is 4. The Morgan fingerprint density at radius 2 is 1.93 bits per heavy atom. The first kappa shape index (κ1) is 19.0. The molecule has 30 heavy (non-hydrogen) atoms. The number of carbonyl (C=O) groups is 3. The molecule has 5 rings (SSSR count). The number of anilines is 1. The van der Waals surface area contributed by atoms with E-state index >= 15 is 0 Å². The molecular formula is C24H24N2O4. The summed E-state index contributed by atoms with van der Waals surface area (Å²) in [7, 11) is 0. The number of amides is 3. The van der Waals surface area contributed by atoms with Gasteiger partial charge in [0.25, 0.3) is 17.7 Å². The van der Waals surface area contributed by atoms with Crippen LogP contribution in [0.25, 0.3) is 0 Å². The Morgan fingerprint density at radius 1 is 1.10 bits per heavy atom. The van der Waals surface area contributed by atoms with Crippen LogP contribution in [0.2, 0.25) is 0 Å². The summed E-state index contributed by atoms with van der Waals surface area (Å²) in [6.07, 6.45) is 3.56. The summed E-state index contributed by atoms with van der Waals surface area (Å²) in [5.74, 6) is -0.773. The minimum atomic E-state index is -0.338. The lowest BCUT2D eigenvalue weighted by molar-refractivity contribution is 0.0475. The largest absolute Gasteiger partial charge is 0.376 e. The Labute approximate surface area is 175 Å². The molecule has 0 N–H and O–H groups in total. The minimum absolute atomic E-state index is 0.0962. The third kappa shape index (κ3) is 3.03. The highest BCUT2D eigenvalue weighted by Gasteiger charge is 2.38. The first-order valence-electron chi connectivity index (χ1n) is 10.6. The quantitative estimate of drug-likeness (QED) is 0.736. The van der Waals surface area contributed by atoms with Gasteiger partial charge in [-0.3, -0.25) is 19.3 Å². The summed E-state index contributed by atoms with van der Waals surface area (Å²) < 4.78 is 5.59. The molecular weight excluding hydrogens is 380 g/mol. The number of hydrogen-bond donors (Lipinski definition) is 0. The topological polar surface area (TPSA) is 66.9 Å². The molecule has 3 heterocycles. The van der Waals surface area contributed by atoms with Crippen molar-refractivity contribution in [3.05, 3.63) is 64.2 Å². The maximum atomic E-state index is 13.4. The Kier molecular flexibility index (Phi) is 4.66. The molecule has 2 aromatic rings. The van der Waals surface area contributed by atoms with Gasteiger partial charge in [0.15, 0.2) is 0 Å². The zero-order chi connectivity index (χ0) is 20.8. The average Bonchev–Trinajstić information content (AvgIpc) is 3.36. The fraction of sp³-hybridized carbons (Fsp3) is 0.375. The van der Waals surface area contributed by atoms with Gasteiger partial charge in [-0.15, -0.1) is 0 Å². The van der Waals surface area contributed by atoms with Crippen molar-refractivity contribution >= 4 is 23.4 Å². The van der Waals surface area contributed by atoms with Crippen LogP contribution in [0.4, 0.5) is 5.69 Å². The van der Waals surface area contributed by atoms with Crippen LogP contribution in [0.3, 0.4) is 0 Å². The maximum Gasteiger partial charge on any atom is 0.261 e. The number of carbonyl (C=O) groups excluding carboxylic acids is 3. The second-order valence-corrected chi connectivity index (χ2v) is 8.26. The van der Waals surface area contributed by atoms with Crippen molar-refractivity contribution < 1.29 is 19.1 Å². The predicted molar refractivity (Wildman–Crippen MR) is 112 cm³/mol. The summed E-state index contributed by atoms with van der Waals surface area (Å²) in [6.45, 7) is 3.60. The molecule has 1 unspecified atom stereocenters. The normalized spacial score (nSPS) is 20.5. The second-order valence-electron chi connectivity index (χ2n) is 8.26. The van der Waals surface area contributed by atoms with Crippen LogP contribution in [0.15, 0.2) is 36.4 Å². The molecule has 0 aliphatic carbocycles. The summed E-state index contributed by atoms with van der Waals surface area (Å²) in [5.41, 5.74) is 4.32. The highest BCUT2D eigenvalue weighted by Crippen LogP contribution is 2.33. The zero-order valence-electron chi connectivity index (χ0n) is 17.0. The Balaban J connectivity index is 1.44. The van der Waals surface area contributed by atoms with E-state index in [9.17, 15) is 14.4 Å². The number of aryl methyl sites for hydroxylation is 2. The average molecular weight is 404 g/mol. The molecule has 0 radical (unpaired) electrons. The minimum Gasteiger partial charge on any atom is -0.376 e. The summed E-state index contributed by atoms with van der Waals surface area (Å²) in [5, 5.41) is 0. The van der Waals surface area contributed by atoms with E-state index in [1.165, 1.54) is 10.5 Å². The molecule has 1 fully saturated rings. The van der Waals surface area contributed by atoms with Crippen molar-refractivity contribution in [2.75, 3.05) is 24.6 Å². The Morgan fingerprint density at radius 3 is 2.73 bits per heavy atom. The van der Waals surface area contributed by atoms with Crippen molar-refractivity contribution in [1.29, 1.82) is 0 Å². The standard InChI is InChI=1S/C24H24N2O4/c1-15-5-2-6-16-7-3-11-25(21(15)16)22(27)17-9-10-19-20(13-17)24(29)26(23(19)28)14-18-8-4-12-30-18/h2,5-6,9-10,13,18H,3-4,7-8,11-12,14H2,1H3. The van der Waals surface area contributed by atoms with Gasteiger partial charge >= 0.3 is 0 Å². The van der Waals surface area contributed by atoms with E-state index in [-0.39, 0.29) is 30.4 Å². The lowest BCUT2D eigenvalue weighted by atomic mass is 9.97. The number of rotatable bonds is 3. The van der Waals surface area contributed by atoms with Gasteiger partial charge in [-0.05, 0) is 61.9 Å². The first-order chi connectivity index (χ1) is 14.5. The van der Waals surface area contributed by atoms with Crippen molar-refractivity contribution in [2.45, 2.75) is 38.7 Å².